The molecule has 4 aliphatic rings. The first-order chi connectivity index (χ1) is 41.0. The summed E-state index contributed by atoms with van der Waals surface area (Å²) in [5, 5.41) is 19.6. The topological polar surface area (TPSA) is 341 Å². The number of fused-ring (bicyclic) bond motifs is 6. The lowest BCUT2D eigenvalue weighted by Gasteiger charge is -2.34. The molecule has 4 heterocycles. The molecular weight excluding hydrogens is 1210 g/mol. The number of hydrogen-bond acceptors (Lipinski definition) is 17. The van der Waals surface area contributed by atoms with Gasteiger partial charge in [0.2, 0.25) is 17.5 Å². The molecule has 1 unspecified atom stereocenters. The number of rotatable bonds is 29. The van der Waals surface area contributed by atoms with Crippen LogP contribution < -0.4 is 15.5 Å². The summed E-state index contributed by atoms with van der Waals surface area (Å²) >= 11 is 0.559. The predicted octanol–water partition coefficient (Wildman–Crippen LogP) is 6.97. The fraction of sp³-hybridized carbons (Fsp3) is 0.373. The number of carbonyl (C=O) groups is 6. The fourth-order valence-electron chi connectivity index (χ4n) is 11.8. The average Bonchev–Trinajstić information content (AvgIpc) is 1.62. The van der Waals surface area contributed by atoms with Crippen LogP contribution in [0.4, 0.5) is 11.4 Å². The van der Waals surface area contributed by atoms with E-state index in [0.29, 0.717) is 98.2 Å². The maximum Gasteiger partial charge on any atom is 0.295 e. The van der Waals surface area contributed by atoms with Gasteiger partial charge in [0, 0.05) is 121 Å². The standard InChI is InChI=1S/C59H66N6O18S4/c1-58(2)48(62(30-14-8-12-18-50(66)60-28-32-64-52(68)24-25-53(64)69)44-22-20-40-42(56(44)58)34-38(85(73,74)75)36-46(40)84-83-82-72)16-10-6-5-7-11-17-49-59(3,4)57-43-35-39(86(76,77)78)37-47(87(79,80)81)41(43)21-23-45(57)63(49)31-15-9-13-19-51(67)61-29-33-65-54(70)26-27-55(65)71/h5-7,10-11,17,20-27,34-37,48H,8-9,12-16,18-19,28-33H2,1-4H3,(H5-,60,61,66,67,72,73,74,75,76,77,78,79,80,81)/p+1. The second-order valence-electron chi connectivity index (χ2n) is 22.2. The summed E-state index contributed by atoms with van der Waals surface area (Å²) in [6, 6.07) is 11.1. The molecule has 0 radical (unpaired) electrons. The number of carbonyl (C=O) groups excluding carboxylic acids is 6. The van der Waals surface area contributed by atoms with Crippen LogP contribution in [-0.2, 0) is 79.3 Å². The molecule has 6 amide bonds. The zero-order chi connectivity index (χ0) is 63.2. The molecule has 0 saturated heterocycles. The quantitative estimate of drug-likeness (QED) is 0.00467. The van der Waals surface area contributed by atoms with E-state index < -0.39 is 79.5 Å². The molecule has 0 spiro atoms. The highest BCUT2D eigenvalue weighted by Gasteiger charge is 2.47. The maximum atomic E-state index is 12.7. The number of amides is 6. The van der Waals surface area contributed by atoms with E-state index in [1.807, 2.05) is 74.8 Å². The molecule has 87 heavy (non-hydrogen) atoms. The van der Waals surface area contributed by atoms with Crippen molar-refractivity contribution in [1.29, 1.82) is 0 Å². The third-order valence-electron chi connectivity index (χ3n) is 15.9. The Morgan fingerprint density at radius 2 is 1.17 bits per heavy atom. The lowest BCUT2D eigenvalue weighted by atomic mass is 9.77. The van der Waals surface area contributed by atoms with Gasteiger partial charge in [-0.3, -0.25) is 52.2 Å². The van der Waals surface area contributed by atoms with Gasteiger partial charge in [-0.1, -0.05) is 61.8 Å². The van der Waals surface area contributed by atoms with Crippen molar-refractivity contribution in [2.75, 3.05) is 44.2 Å². The van der Waals surface area contributed by atoms with E-state index in [1.165, 1.54) is 48.6 Å². The molecule has 464 valence electrons. The minimum atomic E-state index is -5.00. The van der Waals surface area contributed by atoms with Gasteiger partial charge in [0.1, 0.15) is 11.4 Å². The van der Waals surface area contributed by atoms with Crippen LogP contribution in [0.25, 0.3) is 21.5 Å². The van der Waals surface area contributed by atoms with Gasteiger partial charge in [0.25, 0.3) is 54.0 Å². The predicted molar refractivity (Wildman–Crippen MR) is 322 cm³/mol. The zero-order valence-corrected chi connectivity index (χ0v) is 51.3. The Hall–Kier alpha value is -7.25. The summed E-state index contributed by atoms with van der Waals surface area (Å²) in [5.74, 6) is -2.24. The van der Waals surface area contributed by atoms with Crippen LogP contribution in [-0.4, -0.2) is 145 Å². The van der Waals surface area contributed by atoms with E-state index >= 15 is 0 Å². The van der Waals surface area contributed by atoms with Gasteiger partial charge < -0.3 is 15.5 Å². The molecule has 4 aromatic carbocycles. The molecule has 28 heteroatoms. The molecular formula is C59H67N6O18S4+. The largest absolute Gasteiger partial charge is 0.367 e. The summed E-state index contributed by atoms with van der Waals surface area (Å²) < 4.78 is 113. The van der Waals surface area contributed by atoms with Gasteiger partial charge >= 0.3 is 0 Å². The van der Waals surface area contributed by atoms with Crippen molar-refractivity contribution < 1.29 is 86.9 Å². The van der Waals surface area contributed by atoms with Crippen molar-refractivity contribution in [3.05, 3.63) is 120 Å². The van der Waals surface area contributed by atoms with Crippen LogP contribution in [0.1, 0.15) is 96.6 Å². The number of allylic oxidation sites excluding steroid dienone is 5. The Kier molecular flexibility index (Phi) is 20.4. The zero-order valence-electron chi connectivity index (χ0n) is 48.0. The van der Waals surface area contributed by atoms with E-state index in [1.54, 1.807) is 12.1 Å². The van der Waals surface area contributed by atoms with E-state index in [0.717, 1.165) is 26.8 Å². The normalized spacial score (nSPS) is 17.5. The molecule has 0 fully saturated rings. The summed E-state index contributed by atoms with van der Waals surface area (Å²) in [6.45, 7) is 9.07. The highest BCUT2D eigenvalue weighted by Crippen LogP contribution is 2.52. The number of nitrogens with one attached hydrogen (secondary N) is 2. The van der Waals surface area contributed by atoms with E-state index in [4.69, 9.17) is 9.59 Å². The van der Waals surface area contributed by atoms with Crippen molar-refractivity contribution in [2.24, 2.45) is 0 Å². The van der Waals surface area contributed by atoms with Gasteiger partial charge in [-0.05, 0) is 104 Å². The Bertz CT molecular complexity index is 3970. The van der Waals surface area contributed by atoms with E-state index in [-0.39, 0.29) is 72.5 Å². The first kappa shape index (κ1) is 65.7. The maximum absolute atomic E-state index is 12.7. The molecule has 24 nitrogen and oxygen atoms in total. The molecule has 8 rings (SSSR count). The third-order valence-corrected chi connectivity index (χ3v) is 19.1. The van der Waals surface area contributed by atoms with Gasteiger partial charge in [0.15, 0.2) is 5.71 Å². The van der Waals surface area contributed by atoms with Gasteiger partial charge in [-0.2, -0.15) is 29.8 Å². The Labute approximate surface area is 507 Å². The van der Waals surface area contributed by atoms with Crippen LogP contribution in [0, 0.1) is 0 Å². The lowest BCUT2D eigenvalue weighted by molar-refractivity contribution is -0.438. The second kappa shape index (κ2) is 27.0. The van der Waals surface area contributed by atoms with Crippen LogP contribution in [0.2, 0.25) is 0 Å². The summed E-state index contributed by atoms with van der Waals surface area (Å²) in [7, 11) is -14.7. The number of nitrogens with zero attached hydrogens (tertiary/aromatic N) is 4. The molecule has 6 N–H and O–H groups in total. The minimum Gasteiger partial charge on any atom is -0.367 e. The van der Waals surface area contributed by atoms with Gasteiger partial charge in [0.05, 0.1) is 27.2 Å². The van der Waals surface area contributed by atoms with Crippen molar-refractivity contribution in [3.8, 4) is 0 Å². The van der Waals surface area contributed by atoms with Crippen LogP contribution in [0.5, 0.6) is 0 Å². The highest BCUT2D eigenvalue weighted by molar-refractivity contribution is 7.94. The van der Waals surface area contributed by atoms with Crippen LogP contribution >= 0.6 is 12.0 Å². The molecule has 0 bridgehead atoms. The van der Waals surface area contributed by atoms with E-state index in [9.17, 15) is 67.7 Å². The van der Waals surface area contributed by atoms with Crippen molar-refractivity contribution in [3.63, 3.8) is 0 Å². The molecule has 0 aromatic heterocycles. The molecule has 4 aromatic rings. The third kappa shape index (κ3) is 14.8. The lowest BCUT2D eigenvalue weighted by Crippen LogP contribution is -2.41. The smallest absolute Gasteiger partial charge is 0.295 e. The highest BCUT2D eigenvalue weighted by atomic mass is 32.2. The number of imide groups is 2. The number of anilines is 1. The van der Waals surface area contributed by atoms with Crippen molar-refractivity contribution in [2.45, 2.75) is 122 Å². The molecule has 1 atom stereocenters. The molecule has 0 aliphatic carbocycles. The van der Waals surface area contributed by atoms with E-state index in [2.05, 4.69) is 20.6 Å². The van der Waals surface area contributed by atoms with Gasteiger partial charge in [-0.25, -0.2) is 5.26 Å². The SMILES string of the molecule is CC1(C)C(C=CC=CC=CCC2N(CCCCCC(=O)NCCN3C(=O)C=CC3=O)c3ccc4c(SOOO)cc(S(=O)(=O)O)cc4c3C2(C)C)=[N+](CCCCCC(=O)NCCN2C(=O)C=CC2=O)c2ccc3c(S(=O)(=O)O)cc(S(=O)(=O)O)cc3c21. The first-order valence-corrected chi connectivity index (χ1v) is 32.9. The Morgan fingerprint density at radius 1 is 0.632 bits per heavy atom. The Morgan fingerprint density at radius 3 is 1.74 bits per heavy atom. The van der Waals surface area contributed by atoms with Crippen molar-refractivity contribution in [1.82, 2.24) is 20.4 Å². The van der Waals surface area contributed by atoms with Crippen LogP contribution in [0.3, 0.4) is 0 Å². The minimum absolute atomic E-state index is 0.0334. The summed E-state index contributed by atoms with van der Waals surface area (Å²) in [5.41, 5.74) is 1.86. The molecule has 0 saturated carbocycles. The monoisotopic (exact) mass is 1280 g/mol. The van der Waals surface area contributed by atoms with Crippen LogP contribution in [0.15, 0.2) is 129 Å². The summed E-state index contributed by atoms with van der Waals surface area (Å²) in [4.78, 5) is 75.7. The number of benzene rings is 4. The van der Waals surface area contributed by atoms with Gasteiger partial charge in [-0.15, -0.1) is 4.33 Å². The molecule has 4 aliphatic heterocycles. The Balaban J connectivity index is 1.02. The fourth-order valence-corrected chi connectivity index (χ4v) is 14.3. The average molecular weight is 1280 g/mol. The first-order valence-electron chi connectivity index (χ1n) is 27.9. The second-order valence-corrected chi connectivity index (χ2v) is 27.2. The van der Waals surface area contributed by atoms with Crippen molar-refractivity contribution >= 4 is 116 Å². The number of unbranched alkanes of at least 4 members (excludes halogenated alkanes) is 4. The summed E-state index contributed by atoms with van der Waals surface area (Å²) in [6.07, 6.45) is 20.3. The number of hydrogen-bond donors (Lipinski definition) is 6.